The summed E-state index contributed by atoms with van der Waals surface area (Å²) in [5, 5.41) is 2.93. The molecular formula is C21H21N3O2. The van der Waals surface area contributed by atoms with Crippen LogP contribution in [0.5, 0.6) is 0 Å². The monoisotopic (exact) mass is 347 g/mol. The van der Waals surface area contributed by atoms with Gasteiger partial charge in [0, 0.05) is 30.7 Å². The van der Waals surface area contributed by atoms with Crippen LogP contribution in [0.2, 0.25) is 0 Å². The second-order valence-corrected chi connectivity index (χ2v) is 6.13. The van der Waals surface area contributed by atoms with E-state index in [-0.39, 0.29) is 17.6 Å². The predicted octanol–water partition coefficient (Wildman–Crippen LogP) is 3.78. The van der Waals surface area contributed by atoms with Crippen molar-refractivity contribution in [2.75, 3.05) is 5.32 Å². The SMILES string of the molecule is CCC(C(=O)Nc1ccc(C(=O)c2nccn2C)cc1)c1ccccc1. The molecule has 1 aromatic heterocycles. The third-order valence-corrected chi connectivity index (χ3v) is 4.37. The molecule has 1 atom stereocenters. The number of amides is 1. The highest BCUT2D eigenvalue weighted by atomic mass is 16.2. The minimum atomic E-state index is -0.204. The lowest BCUT2D eigenvalue weighted by Crippen LogP contribution is -2.20. The van der Waals surface area contributed by atoms with Gasteiger partial charge in [-0.2, -0.15) is 0 Å². The molecule has 3 rings (SSSR count). The summed E-state index contributed by atoms with van der Waals surface area (Å²) in [6, 6.07) is 16.6. The van der Waals surface area contributed by atoms with Gasteiger partial charge in [-0.3, -0.25) is 9.59 Å². The van der Waals surface area contributed by atoms with E-state index in [1.54, 1.807) is 48.3 Å². The lowest BCUT2D eigenvalue weighted by atomic mass is 9.95. The van der Waals surface area contributed by atoms with Gasteiger partial charge in [-0.05, 0) is 36.2 Å². The van der Waals surface area contributed by atoms with Crippen molar-refractivity contribution in [3.05, 3.63) is 83.9 Å². The van der Waals surface area contributed by atoms with Crippen molar-refractivity contribution >= 4 is 17.4 Å². The minimum Gasteiger partial charge on any atom is -0.331 e. The number of anilines is 1. The lowest BCUT2D eigenvalue weighted by molar-refractivity contribution is -0.117. The second-order valence-electron chi connectivity index (χ2n) is 6.13. The number of ketones is 1. The van der Waals surface area contributed by atoms with E-state index in [1.807, 2.05) is 37.3 Å². The molecule has 1 unspecified atom stereocenters. The fraction of sp³-hybridized carbons (Fsp3) is 0.190. The third kappa shape index (κ3) is 3.72. The summed E-state index contributed by atoms with van der Waals surface area (Å²) >= 11 is 0. The number of hydrogen-bond acceptors (Lipinski definition) is 3. The summed E-state index contributed by atoms with van der Waals surface area (Å²) < 4.78 is 1.68. The Bertz CT molecular complexity index is 899. The molecule has 132 valence electrons. The molecule has 0 fully saturated rings. The van der Waals surface area contributed by atoms with Crippen LogP contribution in [0.3, 0.4) is 0 Å². The van der Waals surface area contributed by atoms with Crippen LogP contribution in [0.1, 0.15) is 41.0 Å². The lowest BCUT2D eigenvalue weighted by Gasteiger charge is -2.15. The van der Waals surface area contributed by atoms with Gasteiger partial charge in [-0.25, -0.2) is 4.98 Å². The van der Waals surface area contributed by atoms with E-state index < -0.39 is 0 Å². The van der Waals surface area contributed by atoms with Crippen LogP contribution in [0, 0.1) is 0 Å². The Morgan fingerprint density at radius 1 is 1.08 bits per heavy atom. The first-order valence-electron chi connectivity index (χ1n) is 8.58. The Balaban J connectivity index is 1.72. The Morgan fingerprint density at radius 2 is 1.77 bits per heavy atom. The molecule has 0 aliphatic rings. The Hall–Kier alpha value is -3.21. The minimum absolute atomic E-state index is 0.0538. The molecule has 0 saturated carbocycles. The van der Waals surface area contributed by atoms with Gasteiger partial charge in [-0.15, -0.1) is 0 Å². The molecule has 0 radical (unpaired) electrons. The normalized spacial score (nSPS) is 11.8. The summed E-state index contributed by atoms with van der Waals surface area (Å²) in [6.45, 7) is 1.99. The average molecular weight is 347 g/mol. The molecular weight excluding hydrogens is 326 g/mol. The van der Waals surface area contributed by atoms with Crippen LogP contribution in [0.15, 0.2) is 67.0 Å². The summed E-state index contributed by atoms with van der Waals surface area (Å²) in [5.74, 6) is -0.0186. The first kappa shape index (κ1) is 17.6. The molecule has 26 heavy (non-hydrogen) atoms. The van der Waals surface area contributed by atoms with Crippen LogP contribution in [0.4, 0.5) is 5.69 Å². The zero-order valence-corrected chi connectivity index (χ0v) is 14.8. The summed E-state index contributed by atoms with van der Waals surface area (Å²) in [4.78, 5) is 29.1. The molecule has 5 heteroatoms. The Morgan fingerprint density at radius 3 is 2.35 bits per heavy atom. The fourth-order valence-corrected chi connectivity index (χ4v) is 2.91. The molecule has 0 saturated heterocycles. The van der Waals surface area contributed by atoms with Gasteiger partial charge in [-0.1, -0.05) is 37.3 Å². The van der Waals surface area contributed by atoms with E-state index in [0.717, 1.165) is 5.56 Å². The first-order valence-corrected chi connectivity index (χ1v) is 8.58. The average Bonchev–Trinajstić information content (AvgIpc) is 3.09. The van der Waals surface area contributed by atoms with E-state index in [1.165, 1.54) is 0 Å². The van der Waals surface area contributed by atoms with Crippen LogP contribution in [-0.2, 0) is 11.8 Å². The van der Waals surface area contributed by atoms with Crippen molar-refractivity contribution in [2.24, 2.45) is 7.05 Å². The standard InChI is InChI=1S/C21H21N3O2/c1-3-18(15-7-5-4-6-8-15)21(26)23-17-11-9-16(10-12-17)19(25)20-22-13-14-24(20)2/h4-14,18H,3H2,1-2H3,(H,23,26). The van der Waals surface area contributed by atoms with Crippen LogP contribution >= 0.6 is 0 Å². The van der Waals surface area contributed by atoms with Crippen molar-refractivity contribution in [3.63, 3.8) is 0 Å². The van der Waals surface area contributed by atoms with E-state index in [4.69, 9.17) is 0 Å². The molecule has 5 nitrogen and oxygen atoms in total. The maximum absolute atomic E-state index is 12.6. The molecule has 2 aromatic carbocycles. The predicted molar refractivity (Wildman–Crippen MR) is 101 cm³/mol. The number of hydrogen-bond donors (Lipinski definition) is 1. The van der Waals surface area contributed by atoms with Gasteiger partial charge in [0.05, 0.1) is 5.92 Å². The number of benzene rings is 2. The van der Waals surface area contributed by atoms with Crippen molar-refractivity contribution in [1.29, 1.82) is 0 Å². The zero-order valence-electron chi connectivity index (χ0n) is 14.8. The van der Waals surface area contributed by atoms with Gasteiger partial charge in [0.25, 0.3) is 0 Å². The van der Waals surface area contributed by atoms with Gasteiger partial charge < -0.3 is 9.88 Å². The van der Waals surface area contributed by atoms with E-state index in [0.29, 0.717) is 23.5 Å². The van der Waals surface area contributed by atoms with E-state index in [9.17, 15) is 9.59 Å². The number of carbonyl (C=O) groups is 2. The van der Waals surface area contributed by atoms with Crippen molar-refractivity contribution in [2.45, 2.75) is 19.3 Å². The van der Waals surface area contributed by atoms with Crippen LogP contribution in [-0.4, -0.2) is 21.2 Å². The van der Waals surface area contributed by atoms with Crippen LogP contribution < -0.4 is 5.32 Å². The van der Waals surface area contributed by atoms with E-state index in [2.05, 4.69) is 10.3 Å². The zero-order chi connectivity index (χ0) is 18.5. The van der Waals surface area contributed by atoms with Crippen molar-refractivity contribution in [1.82, 2.24) is 9.55 Å². The van der Waals surface area contributed by atoms with Crippen LogP contribution in [0.25, 0.3) is 0 Å². The maximum atomic E-state index is 12.6. The Labute approximate surface area is 152 Å². The highest BCUT2D eigenvalue weighted by molar-refractivity contribution is 6.07. The number of aromatic nitrogens is 2. The van der Waals surface area contributed by atoms with Gasteiger partial charge in [0.2, 0.25) is 11.7 Å². The number of aryl methyl sites for hydroxylation is 1. The number of nitrogens with zero attached hydrogens (tertiary/aromatic N) is 2. The fourth-order valence-electron chi connectivity index (χ4n) is 2.91. The highest BCUT2D eigenvalue weighted by Gasteiger charge is 2.19. The van der Waals surface area contributed by atoms with Gasteiger partial charge in [0.15, 0.2) is 5.82 Å². The van der Waals surface area contributed by atoms with Crippen molar-refractivity contribution in [3.8, 4) is 0 Å². The quantitative estimate of drug-likeness (QED) is 0.690. The number of imidazole rings is 1. The van der Waals surface area contributed by atoms with Gasteiger partial charge in [0.1, 0.15) is 0 Å². The highest BCUT2D eigenvalue weighted by Crippen LogP contribution is 2.22. The molecule has 1 N–H and O–H groups in total. The molecule has 1 amide bonds. The molecule has 0 aliphatic heterocycles. The van der Waals surface area contributed by atoms with E-state index >= 15 is 0 Å². The third-order valence-electron chi connectivity index (χ3n) is 4.37. The smallest absolute Gasteiger partial charge is 0.231 e. The largest absolute Gasteiger partial charge is 0.331 e. The summed E-state index contributed by atoms with van der Waals surface area (Å²) in [7, 11) is 1.78. The molecule has 1 heterocycles. The number of carbonyl (C=O) groups excluding carboxylic acids is 2. The second kappa shape index (κ2) is 7.78. The molecule has 0 spiro atoms. The summed E-state index contributed by atoms with van der Waals surface area (Å²) in [6.07, 6.45) is 4.04. The molecule has 0 bridgehead atoms. The molecule has 3 aromatic rings. The summed E-state index contributed by atoms with van der Waals surface area (Å²) in [5.41, 5.74) is 2.20. The topological polar surface area (TPSA) is 64.0 Å². The number of rotatable bonds is 6. The first-order chi connectivity index (χ1) is 12.6. The maximum Gasteiger partial charge on any atom is 0.231 e. The van der Waals surface area contributed by atoms with Crippen molar-refractivity contribution < 1.29 is 9.59 Å². The van der Waals surface area contributed by atoms with Gasteiger partial charge >= 0.3 is 0 Å². The Kier molecular flexibility index (Phi) is 5.27. The number of nitrogens with one attached hydrogen (secondary N) is 1. The molecule has 0 aliphatic carbocycles.